The van der Waals surface area contributed by atoms with E-state index < -0.39 is 6.04 Å². The van der Waals surface area contributed by atoms with Crippen LogP contribution in [-0.4, -0.2) is 27.4 Å². The highest BCUT2D eigenvalue weighted by Gasteiger charge is 2.19. The van der Waals surface area contributed by atoms with Gasteiger partial charge in [0.05, 0.1) is 6.20 Å². The van der Waals surface area contributed by atoms with Crippen LogP contribution in [0.2, 0.25) is 0 Å². The van der Waals surface area contributed by atoms with Crippen molar-refractivity contribution in [3.63, 3.8) is 0 Å². The van der Waals surface area contributed by atoms with E-state index in [1.807, 2.05) is 4.57 Å². The molecule has 104 valence electrons. The maximum absolute atomic E-state index is 12.0. The van der Waals surface area contributed by atoms with Gasteiger partial charge in [-0.05, 0) is 19.8 Å². The molecule has 19 heavy (non-hydrogen) atoms. The number of hydrogen-bond donors (Lipinski definition) is 2. The minimum atomic E-state index is -0.540. The van der Waals surface area contributed by atoms with E-state index in [2.05, 4.69) is 15.6 Å². The van der Waals surface area contributed by atoms with Crippen molar-refractivity contribution in [2.45, 2.75) is 52.1 Å². The normalized spacial score (nSPS) is 15.5. The van der Waals surface area contributed by atoms with Gasteiger partial charge in [-0.3, -0.25) is 9.59 Å². The first kappa shape index (κ1) is 13.6. The lowest BCUT2D eigenvalue weighted by molar-refractivity contribution is -0.125. The summed E-state index contributed by atoms with van der Waals surface area (Å²) in [6.45, 7) is 4.32. The lowest BCUT2D eigenvalue weighted by Crippen LogP contribution is -2.41. The Kier molecular flexibility index (Phi) is 4.19. The third-order valence-electron chi connectivity index (χ3n) is 3.31. The van der Waals surface area contributed by atoms with Gasteiger partial charge in [0.15, 0.2) is 0 Å². The molecule has 2 heterocycles. The van der Waals surface area contributed by atoms with Gasteiger partial charge in [0.25, 0.3) is 0 Å². The molecule has 6 nitrogen and oxygen atoms in total. The first-order valence-electron chi connectivity index (χ1n) is 6.76. The number of carbonyl (C=O) groups is 2. The summed E-state index contributed by atoms with van der Waals surface area (Å²) in [7, 11) is 0. The summed E-state index contributed by atoms with van der Waals surface area (Å²) in [5.74, 6) is 1.40. The van der Waals surface area contributed by atoms with E-state index >= 15 is 0 Å². The monoisotopic (exact) mass is 264 g/mol. The van der Waals surface area contributed by atoms with Gasteiger partial charge in [-0.25, -0.2) is 4.98 Å². The van der Waals surface area contributed by atoms with Gasteiger partial charge in [0.1, 0.15) is 17.7 Å². The third kappa shape index (κ3) is 3.13. The number of nitrogens with zero attached hydrogens (tertiary/aromatic N) is 2. The molecule has 0 saturated carbocycles. The summed E-state index contributed by atoms with van der Waals surface area (Å²) in [6, 6.07) is -0.540. The summed E-state index contributed by atoms with van der Waals surface area (Å²) < 4.78 is 2.04. The summed E-state index contributed by atoms with van der Waals surface area (Å²) in [6.07, 6.45) is 5.27. The Morgan fingerprint density at radius 2 is 2.26 bits per heavy atom. The predicted molar refractivity (Wildman–Crippen MR) is 71.7 cm³/mol. The zero-order valence-electron chi connectivity index (χ0n) is 11.4. The Morgan fingerprint density at radius 1 is 1.47 bits per heavy atom. The molecule has 1 atom stereocenters. The van der Waals surface area contributed by atoms with Crippen LogP contribution >= 0.6 is 0 Å². The second-order valence-corrected chi connectivity index (χ2v) is 4.80. The quantitative estimate of drug-likeness (QED) is 0.854. The van der Waals surface area contributed by atoms with Crippen molar-refractivity contribution in [3.8, 4) is 0 Å². The van der Waals surface area contributed by atoms with Crippen LogP contribution in [0.4, 0.5) is 5.82 Å². The number of aromatic nitrogens is 2. The molecular weight excluding hydrogens is 244 g/mol. The predicted octanol–water partition coefficient (Wildman–Crippen LogP) is 1.07. The van der Waals surface area contributed by atoms with Crippen molar-refractivity contribution in [1.82, 2.24) is 14.9 Å². The molecule has 1 aliphatic rings. The van der Waals surface area contributed by atoms with Crippen LogP contribution in [-0.2, 0) is 22.6 Å². The molecule has 6 heteroatoms. The molecule has 0 bridgehead atoms. The summed E-state index contributed by atoms with van der Waals surface area (Å²) >= 11 is 0. The van der Waals surface area contributed by atoms with Gasteiger partial charge < -0.3 is 15.2 Å². The zero-order chi connectivity index (χ0) is 13.8. The van der Waals surface area contributed by atoms with Gasteiger partial charge in [-0.2, -0.15) is 0 Å². The van der Waals surface area contributed by atoms with Crippen LogP contribution in [0.15, 0.2) is 6.20 Å². The van der Waals surface area contributed by atoms with E-state index in [0.29, 0.717) is 6.42 Å². The Hall–Kier alpha value is -1.85. The molecule has 0 saturated heterocycles. The Bertz CT molecular complexity index is 481. The molecule has 2 amide bonds. The number of anilines is 1. The molecule has 0 spiro atoms. The molecule has 0 fully saturated rings. The van der Waals surface area contributed by atoms with Crippen molar-refractivity contribution < 1.29 is 9.59 Å². The van der Waals surface area contributed by atoms with Crippen molar-refractivity contribution >= 4 is 17.6 Å². The van der Waals surface area contributed by atoms with Gasteiger partial charge >= 0.3 is 0 Å². The van der Waals surface area contributed by atoms with Crippen molar-refractivity contribution in [1.29, 1.82) is 0 Å². The molecular formula is C13H20N4O2. The number of aryl methyl sites for hydroxylation is 1. The van der Waals surface area contributed by atoms with Crippen molar-refractivity contribution in [2.24, 2.45) is 0 Å². The molecule has 1 aromatic heterocycles. The highest BCUT2D eigenvalue weighted by molar-refractivity contribution is 5.96. The van der Waals surface area contributed by atoms with E-state index in [1.165, 1.54) is 0 Å². The maximum Gasteiger partial charge on any atom is 0.247 e. The highest BCUT2D eigenvalue weighted by Crippen LogP contribution is 2.19. The van der Waals surface area contributed by atoms with Gasteiger partial charge in [0, 0.05) is 19.4 Å². The lowest BCUT2D eigenvalue weighted by Gasteiger charge is -2.18. The Labute approximate surface area is 112 Å². The molecule has 2 N–H and O–H groups in total. The van der Waals surface area contributed by atoms with Crippen LogP contribution in [0, 0.1) is 0 Å². The van der Waals surface area contributed by atoms with E-state index in [-0.39, 0.29) is 11.8 Å². The second-order valence-electron chi connectivity index (χ2n) is 4.80. The number of amides is 2. The zero-order valence-corrected chi connectivity index (χ0v) is 11.4. The van der Waals surface area contributed by atoms with E-state index in [4.69, 9.17) is 0 Å². The second kappa shape index (κ2) is 5.86. The van der Waals surface area contributed by atoms with Crippen LogP contribution in [0.3, 0.4) is 0 Å². The third-order valence-corrected chi connectivity index (χ3v) is 3.31. The molecule has 0 unspecified atom stereocenters. The smallest absolute Gasteiger partial charge is 0.247 e. The lowest BCUT2D eigenvalue weighted by atomic mass is 10.2. The number of fused-ring (bicyclic) bond motifs is 1. The minimum Gasteiger partial charge on any atom is -0.345 e. The molecule has 1 aromatic rings. The summed E-state index contributed by atoms with van der Waals surface area (Å²) in [4.78, 5) is 27.5. The molecule has 0 aromatic carbocycles. The Balaban J connectivity index is 1.99. The topological polar surface area (TPSA) is 76.0 Å². The molecule has 2 rings (SSSR count). The van der Waals surface area contributed by atoms with Crippen molar-refractivity contribution in [2.75, 3.05) is 5.32 Å². The SMILES string of the molecule is CCC(=O)N[C@H](C)C(=O)Nc1cnc2n1CCCC2. The minimum absolute atomic E-state index is 0.127. The van der Waals surface area contributed by atoms with E-state index in [1.54, 1.807) is 20.0 Å². The summed E-state index contributed by atoms with van der Waals surface area (Å²) in [5.41, 5.74) is 0. The average Bonchev–Trinajstić information content (AvgIpc) is 2.82. The number of hydrogen-bond acceptors (Lipinski definition) is 3. The summed E-state index contributed by atoms with van der Waals surface area (Å²) in [5, 5.41) is 5.47. The number of imidazole rings is 1. The molecule has 0 radical (unpaired) electrons. The fraction of sp³-hybridized carbons (Fsp3) is 0.615. The van der Waals surface area contributed by atoms with E-state index in [9.17, 15) is 9.59 Å². The molecule has 0 aliphatic carbocycles. The Morgan fingerprint density at radius 3 is 3.00 bits per heavy atom. The number of carbonyl (C=O) groups excluding carboxylic acids is 2. The van der Waals surface area contributed by atoms with Gasteiger partial charge in [0.2, 0.25) is 11.8 Å². The first-order chi connectivity index (χ1) is 9.11. The van der Waals surface area contributed by atoms with Gasteiger partial charge in [-0.1, -0.05) is 6.92 Å². The van der Waals surface area contributed by atoms with Crippen LogP contribution in [0.5, 0.6) is 0 Å². The van der Waals surface area contributed by atoms with Crippen LogP contribution in [0.25, 0.3) is 0 Å². The largest absolute Gasteiger partial charge is 0.345 e. The molecule has 1 aliphatic heterocycles. The first-order valence-corrected chi connectivity index (χ1v) is 6.76. The fourth-order valence-electron chi connectivity index (χ4n) is 2.16. The van der Waals surface area contributed by atoms with Crippen LogP contribution < -0.4 is 10.6 Å². The average molecular weight is 264 g/mol. The number of nitrogens with one attached hydrogen (secondary N) is 2. The number of rotatable bonds is 4. The highest BCUT2D eigenvalue weighted by atomic mass is 16.2. The van der Waals surface area contributed by atoms with Gasteiger partial charge in [-0.15, -0.1) is 0 Å². The van der Waals surface area contributed by atoms with Crippen molar-refractivity contribution in [3.05, 3.63) is 12.0 Å². The standard InChI is InChI=1S/C13H20N4O2/c1-3-12(18)15-9(2)13(19)16-11-8-14-10-6-4-5-7-17(10)11/h8-9H,3-7H2,1-2H3,(H,15,18)(H,16,19)/t9-/m1/s1. The van der Waals surface area contributed by atoms with Crippen LogP contribution in [0.1, 0.15) is 38.9 Å². The van der Waals surface area contributed by atoms with E-state index in [0.717, 1.165) is 37.4 Å². The fourth-order valence-corrected chi connectivity index (χ4v) is 2.16. The maximum atomic E-state index is 12.0.